The van der Waals surface area contributed by atoms with Crippen LogP contribution in [0, 0.1) is 13.8 Å². The molecule has 0 fully saturated rings. The highest BCUT2D eigenvalue weighted by Gasteiger charge is 2.13. The maximum atomic E-state index is 4.28. The lowest BCUT2D eigenvalue weighted by molar-refractivity contribution is 1.35. The lowest BCUT2D eigenvalue weighted by atomic mass is 9.97. The van der Waals surface area contributed by atoms with Crippen LogP contribution in [0.25, 0.3) is 32.6 Å². The quantitative estimate of drug-likeness (QED) is 0.488. The molecule has 100 valence electrons. The molecule has 0 saturated carbocycles. The SMILES string of the molecule is Cc1c2ccncc2c(C)c2c1[nH]c1ccccc12.Cl. The van der Waals surface area contributed by atoms with E-state index in [9.17, 15) is 0 Å². The van der Waals surface area contributed by atoms with Crippen LogP contribution in [0.15, 0.2) is 42.7 Å². The molecular weight excluding hydrogens is 268 g/mol. The Hall–Kier alpha value is -2.06. The second-order valence-electron chi connectivity index (χ2n) is 5.09. The Kier molecular flexibility index (Phi) is 2.91. The molecule has 2 aromatic carbocycles. The number of nitrogens with zero attached hydrogens (tertiary/aromatic N) is 1. The minimum absolute atomic E-state index is 0. The minimum atomic E-state index is 0. The number of aryl methyl sites for hydroxylation is 2. The van der Waals surface area contributed by atoms with E-state index >= 15 is 0 Å². The van der Waals surface area contributed by atoms with Gasteiger partial charge in [0.25, 0.3) is 0 Å². The van der Waals surface area contributed by atoms with Crippen molar-refractivity contribution in [2.75, 3.05) is 0 Å². The Morgan fingerprint density at radius 1 is 0.900 bits per heavy atom. The summed E-state index contributed by atoms with van der Waals surface area (Å²) >= 11 is 0. The zero-order valence-corrected chi connectivity index (χ0v) is 12.2. The molecule has 20 heavy (non-hydrogen) atoms. The molecule has 4 aromatic rings. The van der Waals surface area contributed by atoms with Crippen molar-refractivity contribution in [3.63, 3.8) is 0 Å². The van der Waals surface area contributed by atoms with Gasteiger partial charge in [-0.1, -0.05) is 18.2 Å². The molecule has 2 aromatic heterocycles. The number of para-hydroxylation sites is 1. The van der Waals surface area contributed by atoms with E-state index in [1.54, 1.807) is 0 Å². The second kappa shape index (κ2) is 4.50. The van der Waals surface area contributed by atoms with Crippen LogP contribution < -0.4 is 0 Å². The lowest BCUT2D eigenvalue weighted by Gasteiger charge is -2.08. The van der Waals surface area contributed by atoms with E-state index in [4.69, 9.17) is 0 Å². The van der Waals surface area contributed by atoms with E-state index in [0.29, 0.717) is 0 Å². The van der Waals surface area contributed by atoms with Crippen LogP contribution in [0.5, 0.6) is 0 Å². The van der Waals surface area contributed by atoms with Gasteiger partial charge in [-0.2, -0.15) is 0 Å². The molecule has 0 aliphatic rings. The topological polar surface area (TPSA) is 28.7 Å². The van der Waals surface area contributed by atoms with Crippen molar-refractivity contribution in [2.45, 2.75) is 13.8 Å². The number of hydrogen-bond donors (Lipinski definition) is 1. The number of halogens is 1. The third-order valence-electron chi connectivity index (χ3n) is 4.09. The van der Waals surface area contributed by atoms with Gasteiger partial charge in [0, 0.05) is 34.1 Å². The first-order chi connectivity index (χ1) is 9.27. The van der Waals surface area contributed by atoms with Gasteiger partial charge < -0.3 is 4.98 Å². The Labute approximate surface area is 123 Å². The Bertz CT molecular complexity index is 938. The Morgan fingerprint density at radius 2 is 1.70 bits per heavy atom. The normalized spacial score (nSPS) is 11.1. The summed E-state index contributed by atoms with van der Waals surface area (Å²) in [6.07, 6.45) is 3.84. The molecular formula is C17H15ClN2. The molecule has 4 rings (SSSR count). The third kappa shape index (κ3) is 1.55. The molecule has 0 unspecified atom stereocenters. The second-order valence-corrected chi connectivity index (χ2v) is 5.09. The fourth-order valence-electron chi connectivity index (χ4n) is 3.10. The maximum absolute atomic E-state index is 4.28. The summed E-state index contributed by atoms with van der Waals surface area (Å²) in [5, 5.41) is 5.15. The summed E-state index contributed by atoms with van der Waals surface area (Å²) in [5.41, 5.74) is 5.06. The van der Waals surface area contributed by atoms with Crippen LogP contribution in [-0.2, 0) is 0 Å². The summed E-state index contributed by atoms with van der Waals surface area (Å²) < 4.78 is 0. The van der Waals surface area contributed by atoms with Crippen LogP contribution in [0.1, 0.15) is 11.1 Å². The standard InChI is InChI=1S/C17H14N2.ClH/c1-10-14-9-18-8-7-12(14)11(2)17-16(10)13-5-3-4-6-15(13)19-17;/h3-9,19H,1-2H3;1H. The van der Waals surface area contributed by atoms with Crippen LogP contribution in [-0.4, -0.2) is 9.97 Å². The molecule has 0 radical (unpaired) electrons. The summed E-state index contributed by atoms with van der Waals surface area (Å²) in [6, 6.07) is 10.6. The number of nitrogens with one attached hydrogen (secondary N) is 1. The monoisotopic (exact) mass is 282 g/mol. The molecule has 0 aliphatic carbocycles. The number of aromatic amines is 1. The van der Waals surface area contributed by atoms with Crippen molar-refractivity contribution in [3.05, 3.63) is 53.9 Å². The average Bonchev–Trinajstić information content (AvgIpc) is 2.84. The number of benzene rings is 2. The molecule has 2 nitrogen and oxygen atoms in total. The van der Waals surface area contributed by atoms with Gasteiger partial charge in [0.15, 0.2) is 0 Å². The van der Waals surface area contributed by atoms with Gasteiger partial charge in [-0.3, -0.25) is 4.98 Å². The minimum Gasteiger partial charge on any atom is -0.354 e. The first-order valence-corrected chi connectivity index (χ1v) is 6.50. The van der Waals surface area contributed by atoms with Crippen molar-refractivity contribution >= 4 is 45.0 Å². The van der Waals surface area contributed by atoms with Gasteiger partial charge in [0.05, 0.1) is 5.52 Å². The van der Waals surface area contributed by atoms with E-state index in [-0.39, 0.29) is 12.4 Å². The van der Waals surface area contributed by atoms with Gasteiger partial charge in [-0.05, 0) is 42.5 Å². The van der Waals surface area contributed by atoms with Crippen LogP contribution in [0.4, 0.5) is 0 Å². The zero-order chi connectivity index (χ0) is 13.0. The van der Waals surface area contributed by atoms with E-state index in [0.717, 1.165) is 0 Å². The number of H-pyrrole nitrogens is 1. The number of rotatable bonds is 0. The predicted molar refractivity (Wildman–Crippen MR) is 87.8 cm³/mol. The van der Waals surface area contributed by atoms with Gasteiger partial charge >= 0.3 is 0 Å². The van der Waals surface area contributed by atoms with E-state index in [1.165, 1.54) is 43.7 Å². The first-order valence-electron chi connectivity index (χ1n) is 6.50. The number of aromatic nitrogens is 2. The molecule has 0 aliphatic heterocycles. The van der Waals surface area contributed by atoms with E-state index in [1.807, 2.05) is 12.4 Å². The predicted octanol–water partition coefficient (Wildman–Crippen LogP) is 4.91. The number of fused-ring (bicyclic) bond motifs is 4. The summed E-state index contributed by atoms with van der Waals surface area (Å²) in [7, 11) is 0. The molecule has 2 heterocycles. The Morgan fingerprint density at radius 3 is 2.55 bits per heavy atom. The smallest absolute Gasteiger partial charge is 0.0503 e. The summed E-state index contributed by atoms with van der Waals surface area (Å²) in [6.45, 7) is 4.37. The zero-order valence-electron chi connectivity index (χ0n) is 11.4. The average molecular weight is 283 g/mol. The fraction of sp³-hybridized carbons (Fsp3) is 0.118. The summed E-state index contributed by atoms with van der Waals surface area (Å²) in [4.78, 5) is 7.83. The molecule has 0 atom stereocenters. The van der Waals surface area contributed by atoms with Crippen LogP contribution >= 0.6 is 12.4 Å². The summed E-state index contributed by atoms with van der Waals surface area (Å²) in [5.74, 6) is 0. The van der Waals surface area contributed by atoms with Gasteiger partial charge in [-0.25, -0.2) is 0 Å². The molecule has 0 amide bonds. The van der Waals surface area contributed by atoms with Gasteiger partial charge in [0.2, 0.25) is 0 Å². The largest absolute Gasteiger partial charge is 0.354 e. The van der Waals surface area contributed by atoms with Crippen molar-refractivity contribution in [1.82, 2.24) is 9.97 Å². The van der Waals surface area contributed by atoms with Gasteiger partial charge in [0.1, 0.15) is 0 Å². The molecule has 1 N–H and O–H groups in total. The Balaban J connectivity index is 0.00000121. The first kappa shape index (κ1) is 12.9. The molecule has 0 saturated heterocycles. The number of pyridine rings is 1. The molecule has 0 spiro atoms. The molecule has 0 bridgehead atoms. The molecule has 3 heteroatoms. The van der Waals surface area contributed by atoms with Gasteiger partial charge in [-0.15, -0.1) is 12.4 Å². The number of hydrogen-bond acceptors (Lipinski definition) is 1. The highest BCUT2D eigenvalue weighted by atomic mass is 35.5. The highest BCUT2D eigenvalue weighted by Crippen LogP contribution is 2.35. The van der Waals surface area contributed by atoms with Crippen molar-refractivity contribution in [2.24, 2.45) is 0 Å². The third-order valence-corrected chi connectivity index (χ3v) is 4.09. The lowest BCUT2D eigenvalue weighted by Crippen LogP contribution is -1.87. The van der Waals surface area contributed by atoms with E-state index in [2.05, 4.69) is 54.1 Å². The van der Waals surface area contributed by atoms with Crippen LogP contribution in [0.2, 0.25) is 0 Å². The van der Waals surface area contributed by atoms with Crippen molar-refractivity contribution < 1.29 is 0 Å². The maximum Gasteiger partial charge on any atom is 0.0503 e. The van der Waals surface area contributed by atoms with Crippen molar-refractivity contribution in [3.8, 4) is 0 Å². The van der Waals surface area contributed by atoms with Crippen LogP contribution in [0.3, 0.4) is 0 Å². The van der Waals surface area contributed by atoms with Crippen molar-refractivity contribution in [1.29, 1.82) is 0 Å². The van der Waals surface area contributed by atoms with E-state index < -0.39 is 0 Å². The highest BCUT2D eigenvalue weighted by molar-refractivity contribution is 6.16. The fourth-order valence-corrected chi connectivity index (χ4v) is 3.10.